The molecule has 0 saturated carbocycles. The number of esters is 1. The van der Waals surface area contributed by atoms with Crippen LogP contribution >= 0.6 is 0 Å². The fraction of sp³-hybridized carbons (Fsp3) is 0.300. The molecule has 6 heteroatoms. The highest BCUT2D eigenvalue weighted by atomic mass is 32.2. The molecule has 0 atom stereocenters. The molecule has 16 heavy (non-hydrogen) atoms. The van der Waals surface area contributed by atoms with Gasteiger partial charge in [0.15, 0.2) is 0 Å². The first kappa shape index (κ1) is 12.7. The molecule has 0 radical (unpaired) electrons. The number of hydrogen-bond donors (Lipinski definition) is 1. The molecule has 1 rings (SSSR count). The van der Waals surface area contributed by atoms with Gasteiger partial charge in [-0.1, -0.05) is 24.3 Å². The third-order valence-corrected chi connectivity index (χ3v) is 2.65. The number of hydrogen-bond acceptors (Lipinski definition) is 4. The molecule has 0 unspecified atom stereocenters. The van der Waals surface area contributed by atoms with Gasteiger partial charge in [0.05, 0.1) is 13.5 Å². The van der Waals surface area contributed by atoms with Crippen LogP contribution in [0.15, 0.2) is 24.3 Å². The molecule has 0 bridgehead atoms. The lowest BCUT2D eigenvalue weighted by Crippen LogP contribution is -2.05. The second-order valence-electron chi connectivity index (χ2n) is 3.30. The van der Waals surface area contributed by atoms with E-state index < -0.39 is 15.9 Å². The Bertz CT molecular complexity index is 460. The van der Waals surface area contributed by atoms with Crippen molar-refractivity contribution >= 4 is 16.1 Å². The van der Waals surface area contributed by atoms with Crippen LogP contribution in [0.4, 0.5) is 0 Å². The fourth-order valence-corrected chi connectivity index (χ4v) is 1.82. The van der Waals surface area contributed by atoms with Crippen molar-refractivity contribution in [1.82, 2.24) is 0 Å². The summed E-state index contributed by atoms with van der Waals surface area (Å²) in [5.74, 6) is -0.784. The van der Waals surface area contributed by atoms with Gasteiger partial charge in [-0.2, -0.15) is 8.42 Å². The lowest BCUT2D eigenvalue weighted by molar-refractivity contribution is -0.139. The Balaban J connectivity index is 2.72. The Labute approximate surface area is 93.8 Å². The SMILES string of the molecule is COC(=O)Cc1ccc(CS(=O)(=O)O)cc1. The zero-order chi connectivity index (χ0) is 12.2. The van der Waals surface area contributed by atoms with Crippen molar-refractivity contribution in [3.05, 3.63) is 35.4 Å². The molecule has 0 heterocycles. The standard InChI is InChI=1S/C10H12O5S/c1-15-10(11)6-8-2-4-9(5-3-8)7-16(12,13)14/h2-5H,6-7H2,1H3,(H,12,13,14). The summed E-state index contributed by atoms with van der Waals surface area (Å²) < 4.78 is 34.3. The van der Waals surface area contributed by atoms with Crippen molar-refractivity contribution in [3.8, 4) is 0 Å². The lowest BCUT2D eigenvalue weighted by Gasteiger charge is -2.02. The van der Waals surface area contributed by atoms with Gasteiger partial charge in [0.2, 0.25) is 0 Å². The van der Waals surface area contributed by atoms with E-state index in [0.29, 0.717) is 5.56 Å². The van der Waals surface area contributed by atoms with Gasteiger partial charge >= 0.3 is 5.97 Å². The predicted octanol–water partition coefficient (Wildman–Crippen LogP) is 0.790. The summed E-state index contributed by atoms with van der Waals surface area (Å²) in [4.78, 5) is 10.9. The Kier molecular flexibility index (Phi) is 4.03. The average molecular weight is 244 g/mol. The first-order chi connectivity index (χ1) is 7.40. The molecule has 0 aliphatic rings. The molecular weight excluding hydrogens is 232 g/mol. The van der Waals surface area contributed by atoms with Gasteiger partial charge in [0.25, 0.3) is 10.1 Å². The number of rotatable bonds is 4. The molecule has 0 aromatic heterocycles. The van der Waals surface area contributed by atoms with Gasteiger partial charge in [-0.05, 0) is 11.1 Å². The molecular formula is C10H12O5S. The van der Waals surface area contributed by atoms with Crippen LogP contribution in [0, 0.1) is 0 Å². The number of benzene rings is 1. The molecule has 5 nitrogen and oxygen atoms in total. The summed E-state index contributed by atoms with van der Waals surface area (Å²) in [5, 5.41) is 0. The van der Waals surface area contributed by atoms with Gasteiger partial charge in [-0.15, -0.1) is 0 Å². The minimum atomic E-state index is -4.01. The van der Waals surface area contributed by atoms with Gasteiger partial charge in [-0.3, -0.25) is 9.35 Å². The van der Waals surface area contributed by atoms with Crippen LogP contribution in [0.3, 0.4) is 0 Å². The fourth-order valence-electron chi connectivity index (χ4n) is 1.20. The third kappa shape index (κ3) is 4.41. The Hall–Kier alpha value is -1.40. The summed E-state index contributed by atoms with van der Waals surface area (Å²) in [6.07, 6.45) is 0.142. The first-order valence-electron chi connectivity index (χ1n) is 4.50. The van der Waals surface area contributed by atoms with Crippen molar-refractivity contribution in [2.45, 2.75) is 12.2 Å². The minimum absolute atomic E-state index is 0.142. The van der Waals surface area contributed by atoms with E-state index >= 15 is 0 Å². The highest BCUT2D eigenvalue weighted by Crippen LogP contribution is 2.08. The number of carbonyl (C=O) groups is 1. The van der Waals surface area contributed by atoms with Crippen molar-refractivity contribution in [1.29, 1.82) is 0 Å². The molecule has 0 aliphatic heterocycles. The predicted molar refractivity (Wildman–Crippen MR) is 57.4 cm³/mol. The van der Waals surface area contributed by atoms with Crippen molar-refractivity contribution < 1.29 is 22.5 Å². The second-order valence-corrected chi connectivity index (χ2v) is 4.75. The molecule has 1 N–H and O–H groups in total. The molecule has 0 amide bonds. The van der Waals surface area contributed by atoms with E-state index in [1.807, 2.05) is 0 Å². The van der Waals surface area contributed by atoms with Gasteiger partial charge < -0.3 is 4.74 Å². The summed E-state index contributed by atoms with van der Waals surface area (Å²) in [5.41, 5.74) is 1.20. The van der Waals surface area contributed by atoms with E-state index in [1.165, 1.54) is 7.11 Å². The molecule has 0 aliphatic carbocycles. The van der Waals surface area contributed by atoms with Crippen LogP contribution in [-0.4, -0.2) is 26.0 Å². The van der Waals surface area contributed by atoms with E-state index in [0.717, 1.165) is 5.56 Å². The minimum Gasteiger partial charge on any atom is -0.469 e. The van der Waals surface area contributed by atoms with Crippen LogP contribution in [0.2, 0.25) is 0 Å². The number of methoxy groups -OCH3 is 1. The van der Waals surface area contributed by atoms with Crippen molar-refractivity contribution in [3.63, 3.8) is 0 Å². The molecule has 0 spiro atoms. The summed E-state index contributed by atoms with van der Waals surface area (Å²) >= 11 is 0. The number of ether oxygens (including phenoxy) is 1. The Morgan fingerprint density at radius 3 is 2.19 bits per heavy atom. The molecule has 1 aromatic rings. The van der Waals surface area contributed by atoms with Crippen molar-refractivity contribution in [2.24, 2.45) is 0 Å². The quantitative estimate of drug-likeness (QED) is 0.625. The van der Waals surface area contributed by atoms with Crippen LogP contribution in [0.1, 0.15) is 11.1 Å². The maximum atomic E-state index is 10.9. The summed E-state index contributed by atoms with van der Waals surface area (Å²) in [7, 11) is -2.71. The van der Waals surface area contributed by atoms with Crippen molar-refractivity contribution in [2.75, 3.05) is 7.11 Å². The molecule has 1 aromatic carbocycles. The summed E-state index contributed by atoms with van der Waals surface area (Å²) in [6, 6.07) is 6.34. The molecule has 0 fully saturated rings. The Morgan fingerprint density at radius 2 is 1.75 bits per heavy atom. The number of carbonyl (C=O) groups excluding carboxylic acids is 1. The Morgan fingerprint density at radius 1 is 1.25 bits per heavy atom. The second kappa shape index (κ2) is 5.09. The van der Waals surface area contributed by atoms with E-state index in [-0.39, 0.29) is 12.4 Å². The van der Waals surface area contributed by atoms with Gasteiger partial charge in [0, 0.05) is 0 Å². The van der Waals surface area contributed by atoms with E-state index in [9.17, 15) is 13.2 Å². The molecule has 0 saturated heterocycles. The lowest BCUT2D eigenvalue weighted by atomic mass is 10.1. The molecule has 88 valence electrons. The zero-order valence-corrected chi connectivity index (χ0v) is 9.53. The topological polar surface area (TPSA) is 80.7 Å². The zero-order valence-electron chi connectivity index (χ0n) is 8.71. The maximum Gasteiger partial charge on any atom is 0.309 e. The smallest absolute Gasteiger partial charge is 0.309 e. The first-order valence-corrected chi connectivity index (χ1v) is 6.11. The van der Waals surface area contributed by atoms with Crippen LogP contribution in [0.25, 0.3) is 0 Å². The van der Waals surface area contributed by atoms with Crippen LogP contribution < -0.4 is 0 Å². The van der Waals surface area contributed by atoms with Crippen LogP contribution in [0.5, 0.6) is 0 Å². The van der Waals surface area contributed by atoms with E-state index in [1.54, 1.807) is 24.3 Å². The summed E-state index contributed by atoms with van der Waals surface area (Å²) in [6.45, 7) is 0. The van der Waals surface area contributed by atoms with Crippen LogP contribution in [-0.2, 0) is 31.8 Å². The monoisotopic (exact) mass is 244 g/mol. The highest BCUT2D eigenvalue weighted by molar-refractivity contribution is 7.85. The maximum absolute atomic E-state index is 10.9. The largest absolute Gasteiger partial charge is 0.469 e. The van der Waals surface area contributed by atoms with E-state index in [4.69, 9.17) is 4.55 Å². The average Bonchev–Trinajstić information content (AvgIpc) is 2.18. The van der Waals surface area contributed by atoms with E-state index in [2.05, 4.69) is 4.74 Å². The normalized spacial score (nSPS) is 11.1. The van der Waals surface area contributed by atoms with Gasteiger partial charge in [-0.25, -0.2) is 0 Å². The highest BCUT2D eigenvalue weighted by Gasteiger charge is 2.07. The third-order valence-electron chi connectivity index (χ3n) is 1.95. The van der Waals surface area contributed by atoms with Gasteiger partial charge in [0.1, 0.15) is 5.75 Å².